The van der Waals surface area contributed by atoms with E-state index in [0.717, 1.165) is 32.4 Å². The predicted molar refractivity (Wildman–Crippen MR) is 141 cm³/mol. The monoisotopic (exact) mass is 532 g/mol. The summed E-state index contributed by atoms with van der Waals surface area (Å²) in [6, 6.07) is 5.18. The van der Waals surface area contributed by atoms with Crippen molar-refractivity contribution < 1.29 is 22.7 Å². The molecule has 0 spiro atoms. The normalized spacial score (nSPS) is 26.6. The number of hydrogen-bond donors (Lipinski definition) is 0. The van der Waals surface area contributed by atoms with Gasteiger partial charge in [-0.3, -0.25) is 14.5 Å². The number of anilines is 1. The van der Waals surface area contributed by atoms with Gasteiger partial charge in [-0.2, -0.15) is 4.31 Å². The topological polar surface area (TPSA) is 90.5 Å². The van der Waals surface area contributed by atoms with Gasteiger partial charge in [-0.1, -0.05) is 20.3 Å². The van der Waals surface area contributed by atoms with Crippen LogP contribution in [0.3, 0.4) is 0 Å². The van der Waals surface area contributed by atoms with E-state index in [1.807, 2.05) is 4.90 Å². The van der Waals surface area contributed by atoms with E-state index in [-0.39, 0.29) is 41.7 Å². The standard InChI is InChI=1S/C27H40N4O5S/c1-20-14-21(2)17-30(16-20)37(34,35)23-6-7-25-24(15-23)31(27(33)19-36-25)18-26(32)29-12-8-22(9-13-29)28-10-4-3-5-11-28/h6-7,15,20-22H,3-5,8-14,16-19H2,1-2H3. The van der Waals surface area contributed by atoms with E-state index in [1.54, 1.807) is 16.4 Å². The number of sulfonamides is 1. The lowest BCUT2D eigenvalue weighted by Crippen LogP contribution is -2.51. The summed E-state index contributed by atoms with van der Waals surface area (Å²) in [4.78, 5) is 32.1. The molecule has 0 saturated carbocycles. The van der Waals surface area contributed by atoms with Gasteiger partial charge < -0.3 is 14.5 Å². The maximum atomic E-state index is 13.5. The maximum Gasteiger partial charge on any atom is 0.265 e. The Hall–Kier alpha value is -2.17. The molecule has 0 bridgehead atoms. The fourth-order valence-corrected chi connectivity index (χ4v) is 8.17. The number of hydrogen-bond acceptors (Lipinski definition) is 6. The second-order valence-electron chi connectivity index (χ2n) is 11.4. The molecule has 2 unspecified atom stereocenters. The molecule has 0 N–H and O–H groups in total. The maximum absolute atomic E-state index is 13.5. The predicted octanol–water partition coefficient (Wildman–Crippen LogP) is 2.56. The molecule has 5 rings (SSSR count). The molecule has 1 aromatic rings. The molecule has 0 aliphatic carbocycles. The van der Waals surface area contributed by atoms with Crippen molar-refractivity contribution in [1.29, 1.82) is 0 Å². The number of benzene rings is 1. The minimum atomic E-state index is -3.73. The summed E-state index contributed by atoms with van der Waals surface area (Å²) < 4.78 is 34.1. The molecule has 37 heavy (non-hydrogen) atoms. The first-order valence-electron chi connectivity index (χ1n) is 13.8. The number of fused-ring (bicyclic) bond motifs is 1. The molecule has 0 aromatic heterocycles. The molecule has 2 atom stereocenters. The second kappa shape index (κ2) is 10.9. The zero-order chi connectivity index (χ0) is 26.2. The van der Waals surface area contributed by atoms with Crippen LogP contribution in [0.25, 0.3) is 0 Å². The molecule has 9 nitrogen and oxygen atoms in total. The molecule has 10 heteroatoms. The zero-order valence-electron chi connectivity index (χ0n) is 22.1. The Kier molecular flexibility index (Phi) is 7.79. The van der Waals surface area contributed by atoms with Crippen LogP contribution in [0.4, 0.5) is 5.69 Å². The van der Waals surface area contributed by atoms with Crippen LogP contribution in [-0.4, -0.2) is 92.8 Å². The van der Waals surface area contributed by atoms with Crippen LogP contribution in [0, 0.1) is 11.8 Å². The molecule has 4 aliphatic rings. The summed E-state index contributed by atoms with van der Waals surface area (Å²) in [7, 11) is -3.73. The van der Waals surface area contributed by atoms with Crippen LogP contribution in [0.5, 0.6) is 5.75 Å². The Morgan fingerprint density at radius 2 is 1.68 bits per heavy atom. The van der Waals surface area contributed by atoms with Crippen LogP contribution in [-0.2, 0) is 19.6 Å². The van der Waals surface area contributed by atoms with E-state index in [0.29, 0.717) is 43.7 Å². The lowest BCUT2D eigenvalue weighted by molar-refractivity contribution is -0.133. The quantitative estimate of drug-likeness (QED) is 0.579. The van der Waals surface area contributed by atoms with E-state index in [1.165, 1.54) is 30.2 Å². The number of likely N-dealkylation sites (tertiary alicyclic amines) is 2. The summed E-state index contributed by atoms with van der Waals surface area (Å²) >= 11 is 0. The van der Waals surface area contributed by atoms with Gasteiger partial charge in [0.05, 0.1) is 10.6 Å². The van der Waals surface area contributed by atoms with Crippen LogP contribution >= 0.6 is 0 Å². The van der Waals surface area contributed by atoms with Gasteiger partial charge in [0.2, 0.25) is 15.9 Å². The Morgan fingerprint density at radius 1 is 1.00 bits per heavy atom. The summed E-state index contributed by atoms with van der Waals surface area (Å²) in [6.45, 7) is 8.51. The van der Waals surface area contributed by atoms with Crippen molar-refractivity contribution in [3.05, 3.63) is 18.2 Å². The van der Waals surface area contributed by atoms with Crippen molar-refractivity contribution >= 4 is 27.5 Å². The summed E-state index contributed by atoms with van der Waals surface area (Å²) in [5, 5.41) is 0. The lowest BCUT2D eigenvalue weighted by atomic mass is 9.94. The fraction of sp³-hybridized carbons (Fsp3) is 0.704. The molecule has 1 aromatic carbocycles. The van der Waals surface area contributed by atoms with Crippen molar-refractivity contribution in [1.82, 2.24) is 14.1 Å². The fourth-order valence-electron chi connectivity index (χ4n) is 6.47. The highest BCUT2D eigenvalue weighted by atomic mass is 32.2. The third-order valence-corrected chi connectivity index (χ3v) is 10.2. The molecule has 3 fully saturated rings. The lowest BCUT2D eigenvalue weighted by Gasteiger charge is -2.40. The average Bonchev–Trinajstić information content (AvgIpc) is 2.90. The van der Waals surface area contributed by atoms with Crippen LogP contribution in [0.2, 0.25) is 0 Å². The molecular formula is C27H40N4O5S. The summed E-state index contributed by atoms with van der Waals surface area (Å²) in [5.41, 5.74) is 0.354. The number of amides is 2. The first-order valence-corrected chi connectivity index (χ1v) is 15.3. The number of carbonyl (C=O) groups excluding carboxylic acids is 2. The highest BCUT2D eigenvalue weighted by molar-refractivity contribution is 7.89. The number of ether oxygens (including phenoxy) is 1. The Morgan fingerprint density at radius 3 is 2.35 bits per heavy atom. The number of carbonyl (C=O) groups is 2. The van der Waals surface area contributed by atoms with Crippen LogP contribution in [0.1, 0.15) is 52.4 Å². The van der Waals surface area contributed by atoms with Crippen molar-refractivity contribution in [2.75, 3.05) is 57.3 Å². The van der Waals surface area contributed by atoms with Crippen molar-refractivity contribution in [3.63, 3.8) is 0 Å². The molecule has 4 heterocycles. The van der Waals surface area contributed by atoms with Gasteiger partial charge in [-0.05, 0) is 75.2 Å². The Bertz CT molecular complexity index is 1100. The zero-order valence-corrected chi connectivity index (χ0v) is 22.9. The molecule has 0 radical (unpaired) electrons. The Balaban J connectivity index is 1.29. The SMILES string of the molecule is CC1CC(C)CN(S(=O)(=O)c2ccc3c(c2)N(CC(=O)N2CCC(N4CCCCC4)CC2)C(=O)CO3)C1. The van der Waals surface area contributed by atoms with Crippen LogP contribution < -0.4 is 9.64 Å². The van der Waals surface area contributed by atoms with Crippen molar-refractivity contribution in [2.24, 2.45) is 11.8 Å². The highest BCUT2D eigenvalue weighted by Gasteiger charge is 2.35. The number of nitrogens with zero attached hydrogens (tertiary/aromatic N) is 4. The van der Waals surface area contributed by atoms with E-state index in [4.69, 9.17) is 4.74 Å². The molecule has 2 amide bonds. The van der Waals surface area contributed by atoms with Crippen molar-refractivity contribution in [3.8, 4) is 5.75 Å². The van der Waals surface area contributed by atoms with Gasteiger partial charge in [-0.25, -0.2) is 8.42 Å². The van der Waals surface area contributed by atoms with Gasteiger partial charge in [0, 0.05) is 32.2 Å². The van der Waals surface area contributed by atoms with Gasteiger partial charge >= 0.3 is 0 Å². The number of rotatable bonds is 5. The third-order valence-electron chi connectivity index (χ3n) is 8.36. The van der Waals surface area contributed by atoms with E-state index in [9.17, 15) is 18.0 Å². The largest absolute Gasteiger partial charge is 0.482 e. The van der Waals surface area contributed by atoms with E-state index in [2.05, 4.69) is 18.7 Å². The second-order valence-corrected chi connectivity index (χ2v) is 13.3. The Labute approximate surface area is 220 Å². The highest BCUT2D eigenvalue weighted by Crippen LogP contribution is 2.36. The van der Waals surface area contributed by atoms with Crippen LogP contribution in [0.15, 0.2) is 23.1 Å². The first kappa shape index (κ1) is 26.4. The smallest absolute Gasteiger partial charge is 0.265 e. The number of piperidine rings is 3. The molecule has 204 valence electrons. The molecule has 4 aliphatic heterocycles. The minimum absolute atomic E-state index is 0.106. The third kappa shape index (κ3) is 5.66. The van der Waals surface area contributed by atoms with Crippen molar-refractivity contribution in [2.45, 2.75) is 63.3 Å². The first-order chi connectivity index (χ1) is 17.7. The molecular weight excluding hydrogens is 492 g/mol. The minimum Gasteiger partial charge on any atom is -0.482 e. The van der Waals surface area contributed by atoms with Gasteiger partial charge in [0.25, 0.3) is 5.91 Å². The average molecular weight is 533 g/mol. The van der Waals surface area contributed by atoms with Gasteiger partial charge in [-0.15, -0.1) is 0 Å². The van der Waals surface area contributed by atoms with E-state index >= 15 is 0 Å². The summed E-state index contributed by atoms with van der Waals surface area (Å²) in [6.07, 6.45) is 6.73. The summed E-state index contributed by atoms with van der Waals surface area (Å²) in [5.74, 6) is 0.558. The van der Waals surface area contributed by atoms with E-state index < -0.39 is 10.0 Å². The molecule has 3 saturated heterocycles. The van der Waals surface area contributed by atoms with Gasteiger partial charge in [0.15, 0.2) is 6.61 Å². The van der Waals surface area contributed by atoms with Gasteiger partial charge in [0.1, 0.15) is 12.3 Å².